The van der Waals surface area contributed by atoms with Crippen molar-refractivity contribution in [2.45, 2.75) is 25.4 Å². The van der Waals surface area contributed by atoms with Crippen LogP contribution in [-0.2, 0) is 17.6 Å². The maximum Gasteiger partial charge on any atom is 0.220 e. The van der Waals surface area contributed by atoms with Crippen molar-refractivity contribution in [1.29, 1.82) is 0 Å². The molecule has 2 rings (SSSR count). The number of amides is 1. The molecule has 0 heterocycles. The van der Waals surface area contributed by atoms with Crippen LogP contribution in [0.25, 0.3) is 0 Å². The summed E-state index contributed by atoms with van der Waals surface area (Å²) < 4.78 is 13.4. The number of halogens is 1. The van der Waals surface area contributed by atoms with Crippen molar-refractivity contribution >= 4 is 5.91 Å². The quantitative estimate of drug-likeness (QED) is 0.825. The Morgan fingerprint density at radius 2 is 1.77 bits per heavy atom. The van der Waals surface area contributed by atoms with E-state index in [1.54, 1.807) is 18.2 Å². The highest BCUT2D eigenvalue weighted by molar-refractivity contribution is 5.76. The molecule has 0 fully saturated rings. The van der Waals surface area contributed by atoms with Gasteiger partial charge in [-0.25, -0.2) is 4.39 Å². The molecule has 0 saturated carbocycles. The monoisotopic (exact) mass is 301 g/mol. The van der Waals surface area contributed by atoms with Crippen molar-refractivity contribution < 1.29 is 14.3 Å². The summed E-state index contributed by atoms with van der Waals surface area (Å²) in [5, 5.41) is 12.6. The Bertz CT molecular complexity index is 601. The van der Waals surface area contributed by atoms with E-state index in [0.717, 1.165) is 5.56 Å². The van der Waals surface area contributed by atoms with Gasteiger partial charge in [-0.3, -0.25) is 4.79 Å². The minimum absolute atomic E-state index is 0.185. The van der Waals surface area contributed by atoms with Crippen LogP contribution in [0.1, 0.15) is 17.5 Å². The molecule has 0 bridgehead atoms. The van der Waals surface area contributed by atoms with Crippen LogP contribution in [0.5, 0.6) is 0 Å². The second-order valence-corrected chi connectivity index (χ2v) is 5.24. The van der Waals surface area contributed by atoms with E-state index in [1.165, 1.54) is 6.07 Å². The summed E-state index contributed by atoms with van der Waals surface area (Å²) in [7, 11) is 0. The third-order valence-corrected chi connectivity index (χ3v) is 3.43. The zero-order valence-electron chi connectivity index (χ0n) is 12.3. The van der Waals surface area contributed by atoms with Crippen LogP contribution in [0.2, 0.25) is 0 Å². The van der Waals surface area contributed by atoms with Crippen LogP contribution in [0, 0.1) is 5.82 Å². The number of aliphatic hydroxyl groups excluding tert-OH is 1. The number of carbonyl (C=O) groups excluding carboxylic acids is 1. The smallest absolute Gasteiger partial charge is 0.220 e. The Morgan fingerprint density at radius 1 is 1.09 bits per heavy atom. The largest absolute Gasteiger partial charge is 0.391 e. The Morgan fingerprint density at radius 3 is 2.50 bits per heavy atom. The molecule has 0 saturated heterocycles. The van der Waals surface area contributed by atoms with Crippen molar-refractivity contribution in [2.75, 3.05) is 6.54 Å². The first-order valence-corrected chi connectivity index (χ1v) is 7.37. The zero-order valence-corrected chi connectivity index (χ0v) is 12.3. The van der Waals surface area contributed by atoms with Crippen LogP contribution >= 0.6 is 0 Å². The lowest BCUT2D eigenvalue weighted by Gasteiger charge is -2.12. The lowest BCUT2D eigenvalue weighted by atomic mass is 10.1. The summed E-state index contributed by atoms with van der Waals surface area (Å²) in [6.07, 6.45) is 0.431. The van der Waals surface area contributed by atoms with E-state index >= 15 is 0 Å². The molecule has 1 amide bonds. The Kier molecular flexibility index (Phi) is 6.10. The molecular weight excluding hydrogens is 281 g/mol. The van der Waals surface area contributed by atoms with Gasteiger partial charge in [-0.05, 0) is 23.6 Å². The molecule has 22 heavy (non-hydrogen) atoms. The van der Waals surface area contributed by atoms with Gasteiger partial charge in [0.05, 0.1) is 6.10 Å². The Hall–Kier alpha value is -2.20. The maximum absolute atomic E-state index is 13.4. The van der Waals surface area contributed by atoms with Gasteiger partial charge in [0.1, 0.15) is 5.82 Å². The normalized spacial score (nSPS) is 11.9. The zero-order chi connectivity index (χ0) is 15.8. The summed E-state index contributed by atoms with van der Waals surface area (Å²) >= 11 is 0. The average molecular weight is 301 g/mol. The molecule has 0 aliphatic carbocycles. The van der Waals surface area contributed by atoms with Crippen LogP contribution < -0.4 is 5.32 Å². The van der Waals surface area contributed by atoms with Gasteiger partial charge in [0.2, 0.25) is 5.91 Å². The lowest BCUT2D eigenvalue weighted by Crippen LogP contribution is -2.33. The average Bonchev–Trinajstić information content (AvgIpc) is 2.53. The summed E-state index contributed by atoms with van der Waals surface area (Å²) in [5.41, 5.74) is 1.55. The predicted molar refractivity (Wildman–Crippen MR) is 83.9 cm³/mol. The minimum Gasteiger partial charge on any atom is -0.391 e. The van der Waals surface area contributed by atoms with Crippen molar-refractivity contribution in [3.8, 4) is 0 Å². The molecule has 1 unspecified atom stereocenters. The van der Waals surface area contributed by atoms with Gasteiger partial charge in [-0.2, -0.15) is 0 Å². The molecular formula is C18H20FNO2. The molecule has 0 spiro atoms. The standard InChI is InChI=1S/C18H20FNO2/c19-17-9-5-4-8-15(17)10-11-18(22)20-13-16(21)12-14-6-2-1-3-7-14/h1-9,16,21H,10-13H2,(H,20,22). The third-order valence-electron chi connectivity index (χ3n) is 3.43. The number of nitrogens with one attached hydrogen (secondary N) is 1. The molecule has 116 valence electrons. The molecule has 1 atom stereocenters. The van der Waals surface area contributed by atoms with Crippen LogP contribution in [0.3, 0.4) is 0 Å². The first kappa shape index (κ1) is 16.2. The molecule has 3 nitrogen and oxygen atoms in total. The minimum atomic E-state index is -0.625. The summed E-state index contributed by atoms with van der Waals surface area (Å²) in [5.74, 6) is -0.477. The molecule has 0 radical (unpaired) electrons. The molecule has 2 aromatic rings. The van der Waals surface area contributed by atoms with E-state index < -0.39 is 6.10 Å². The maximum atomic E-state index is 13.4. The third kappa shape index (κ3) is 5.30. The van der Waals surface area contributed by atoms with E-state index in [4.69, 9.17) is 0 Å². The molecule has 0 aromatic heterocycles. The molecule has 2 N–H and O–H groups in total. The lowest BCUT2D eigenvalue weighted by molar-refractivity contribution is -0.121. The van der Waals surface area contributed by atoms with Crippen molar-refractivity contribution in [2.24, 2.45) is 0 Å². The predicted octanol–water partition coefficient (Wildman–Crippen LogP) is 2.48. The van der Waals surface area contributed by atoms with E-state index in [1.807, 2.05) is 30.3 Å². The van der Waals surface area contributed by atoms with E-state index in [0.29, 0.717) is 18.4 Å². The first-order valence-electron chi connectivity index (χ1n) is 7.37. The second-order valence-electron chi connectivity index (χ2n) is 5.24. The number of hydrogen-bond donors (Lipinski definition) is 2. The molecule has 0 aliphatic rings. The summed E-state index contributed by atoms with van der Waals surface area (Å²) in [6, 6.07) is 16.0. The molecule has 4 heteroatoms. The van der Waals surface area contributed by atoms with Gasteiger partial charge in [0.25, 0.3) is 0 Å². The molecule has 0 aliphatic heterocycles. The van der Waals surface area contributed by atoms with E-state index in [-0.39, 0.29) is 24.7 Å². The number of benzene rings is 2. The van der Waals surface area contributed by atoms with Crippen LogP contribution in [0.15, 0.2) is 54.6 Å². The van der Waals surface area contributed by atoms with Crippen molar-refractivity contribution in [1.82, 2.24) is 5.32 Å². The second kappa shape index (κ2) is 8.29. The number of hydrogen-bond acceptors (Lipinski definition) is 2. The van der Waals surface area contributed by atoms with Crippen LogP contribution in [0.4, 0.5) is 4.39 Å². The highest BCUT2D eigenvalue weighted by atomic mass is 19.1. The van der Waals surface area contributed by atoms with Crippen molar-refractivity contribution in [3.05, 3.63) is 71.5 Å². The van der Waals surface area contributed by atoms with Crippen LogP contribution in [-0.4, -0.2) is 23.7 Å². The summed E-state index contributed by atoms with van der Waals surface area (Å²) in [6.45, 7) is 0.199. The summed E-state index contributed by atoms with van der Waals surface area (Å²) in [4.78, 5) is 11.7. The highest BCUT2D eigenvalue weighted by Gasteiger charge is 2.09. The molecule has 2 aromatic carbocycles. The van der Waals surface area contributed by atoms with Gasteiger partial charge >= 0.3 is 0 Å². The van der Waals surface area contributed by atoms with Crippen molar-refractivity contribution in [3.63, 3.8) is 0 Å². The van der Waals surface area contributed by atoms with Gasteiger partial charge < -0.3 is 10.4 Å². The Balaban J connectivity index is 1.70. The van der Waals surface area contributed by atoms with E-state index in [2.05, 4.69) is 5.32 Å². The van der Waals surface area contributed by atoms with Gasteiger partial charge in [-0.1, -0.05) is 48.5 Å². The first-order chi connectivity index (χ1) is 10.6. The Labute approximate surface area is 129 Å². The number of aryl methyl sites for hydroxylation is 1. The number of aliphatic hydroxyl groups is 1. The fourth-order valence-corrected chi connectivity index (χ4v) is 2.23. The van der Waals surface area contributed by atoms with Gasteiger partial charge in [0.15, 0.2) is 0 Å². The van der Waals surface area contributed by atoms with Gasteiger partial charge in [0, 0.05) is 19.4 Å². The number of rotatable bonds is 7. The topological polar surface area (TPSA) is 49.3 Å². The SMILES string of the molecule is O=C(CCc1ccccc1F)NCC(O)Cc1ccccc1. The van der Waals surface area contributed by atoms with E-state index in [9.17, 15) is 14.3 Å². The highest BCUT2D eigenvalue weighted by Crippen LogP contribution is 2.08. The number of carbonyl (C=O) groups is 1. The van der Waals surface area contributed by atoms with Gasteiger partial charge in [-0.15, -0.1) is 0 Å². The fraction of sp³-hybridized carbons (Fsp3) is 0.278. The fourth-order valence-electron chi connectivity index (χ4n) is 2.23.